The van der Waals surface area contributed by atoms with E-state index in [1.165, 1.54) is 26.4 Å². The summed E-state index contributed by atoms with van der Waals surface area (Å²) in [5, 5.41) is 26.3. The number of carbonyl (C=O) groups is 3. The third kappa shape index (κ3) is 20.7. The molecule has 3 aromatic heterocycles. The van der Waals surface area contributed by atoms with Gasteiger partial charge < -0.3 is 42.4 Å². The normalized spacial score (nSPS) is 12.5. The summed E-state index contributed by atoms with van der Waals surface area (Å²) in [6, 6.07) is 52.1. The molecule has 3 aliphatic carbocycles. The summed E-state index contributed by atoms with van der Waals surface area (Å²) in [6.45, 7) is 0.682. The van der Waals surface area contributed by atoms with Gasteiger partial charge in [0.2, 0.25) is 0 Å². The summed E-state index contributed by atoms with van der Waals surface area (Å²) in [6.07, 6.45) is 11.7. The number of nitrogens with zero attached hydrogens (tertiary/aromatic N) is 3. The second kappa shape index (κ2) is 37.5. The van der Waals surface area contributed by atoms with Crippen LogP contribution in [0.4, 0.5) is 0 Å². The summed E-state index contributed by atoms with van der Waals surface area (Å²) in [4.78, 5) is 33.8. The predicted molar refractivity (Wildman–Crippen MR) is 436 cm³/mol. The van der Waals surface area contributed by atoms with Gasteiger partial charge in [-0.1, -0.05) is 202 Å². The molecule has 0 spiro atoms. The lowest BCUT2D eigenvalue weighted by Crippen LogP contribution is -2.00. The predicted octanol–water partition coefficient (Wildman–Crippen LogP) is 24.8. The number of benzene rings is 9. The van der Waals surface area contributed by atoms with Crippen LogP contribution in [-0.4, -0.2) is 52.7 Å². The fourth-order valence-electron chi connectivity index (χ4n) is 11.3. The van der Waals surface area contributed by atoms with Crippen LogP contribution in [0.5, 0.6) is 17.2 Å². The van der Waals surface area contributed by atoms with Crippen molar-refractivity contribution >= 4 is 138 Å². The molecule has 0 bridgehead atoms. The van der Waals surface area contributed by atoms with E-state index in [4.69, 9.17) is 148 Å². The van der Waals surface area contributed by atoms with Crippen LogP contribution < -0.4 is 14.2 Å². The summed E-state index contributed by atoms with van der Waals surface area (Å²) in [7, 11) is 2.70. The minimum absolute atomic E-state index is 0.174. The lowest BCUT2D eigenvalue weighted by Gasteiger charge is -2.10. The number of hydrogen-bond acceptors (Lipinski definition) is 14. The lowest BCUT2D eigenvalue weighted by molar-refractivity contribution is 0.0592. The van der Waals surface area contributed by atoms with Crippen molar-refractivity contribution in [2.24, 2.45) is 0 Å². The first-order valence-electron chi connectivity index (χ1n) is 34.1. The zero-order valence-corrected chi connectivity index (χ0v) is 66.9. The molecular weight excluding hydrogens is 1670 g/mol. The van der Waals surface area contributed by atoms with E-state index < -0.39 is 11.9 Å². The van der Waals surface area contributed by atoms with Gasteiger partial charge in [-0.2, -0.15) is 0 Å². The van der Waals surface area contributed by atoms with Gasteiger partial charge in [-0.3, -0.25) is 0 Å². The second-order valence-corrected chi connectivity index (χ2v) is 29.7. The summed E-state index contributed by atoms with van der Waals surface area (Å²) in [5.41, 5.74) is 10.4. The van der Waals surface area contributed by atoms with Crippen molar-refractivity contribution in [3.63, 3.8) is 0 Å². The molecule has 3 heterocycles. The molecule has 111 heavy (non-hydrogen) atoms. The molecule has 0 radical (unpaired) electrons. The number of esters is 2. The van der Waals surface area contributed by atoms with E-state index in [1.54, 1.807) is 158 Å². The number of halogens is 10. The van der Waals surface area contributed by atoms with Crippen molar-refractivity contribution in [3.05, 3.63) is 310 Å². The maximum Gasteiger partial charge on any atom is 0.337 e. The van der Waals surface area contributed by atoms with Gasteiger partial charge >= 0.3 is 17.9 Å². The number of terminal acetylenes is 1. The van der Waals surface area contributed by atoms with Crippen LogP contribution in [-0.2, 0) is 29.3 Å². The van der Waals surface area contributed by atoms with E-state index in [0.29, 0.717) is 153 Å². The topological polar surface area (TPSA) is 196 Å². The Bertz CT molecular complexity index is 5620. The van der Waals surface area contributed by atoms with Crippen LogP contribution >= 0.6 is 120 Å². The molecule has 0 unspecified atom stereocenters. The van der Waals surface area contributed by atoms with Crippen LogP contribution in [0, 0.1) is 36.0 Å². The first kappa shape index (κ1) is 80.7. The van der Waals surface area contributed by atoms with Gasteiger partial charge in [0.25, 0.3) is 0 Å². The van der Waals surface area contributed by atoms with Crippen LogP contribution in [0.25, 0.3) is 33.8 Å². The Balaban J connectivity index is 0.000000146. The number of hydrogen-bond donors (Lipinski definition) is 1. The first-order chi connectivity index (χ1) is 53.7. The van der Waals surface area contributed by atoms with Crippen LogP contribution in [0.2, 0.25) is 45.2 Å². The number of carboxylic acid groups (broad SMARTS) is 1. The SMILES string of the molecule is C#Cc1ccc(OCc2c(-c3c(Cl)cccc3Cl)noc2C2CC2)cc1Cl.COC(=O)c1cccc(Br)c1.COC(=O)c1cccc(C#Cc2ccc(OCc3c(-c4c(Cl)cccc4Cl)noc3C3CC3)cc2Cl)c1.O=C(O)c1cccc(C#Cc2ccc(OCc3c(-c4c(Cl)cccc4Cl)noc3C3CC3)cc2Cl)c1. The van der Waals surface area contributed by atoms with E-state index >= 15 is 0 Å². The Morgan fingerprint density at radius 1 is 0.414 bits per heavy atom. The van der Waals surface area contributed by atoms with Crippen LogP contribution in [0.1, 0.15) is 149 Å². The first-order valence-corrected chi connectivity index (χ1v) is 38.3. The summed E-state index contributed by atoms with van der Waals surface area (Å²) < 4.78 is 45.3. The highest BCUT2D eigenvalue weighted by molar-refractivity contribution is 9.10. The van der Waals surface area contributed by atoms with Crippen molar-refractivity contribution in [1.29, 1.82) is 0 Å². The molecule has 15 rings (SSSR count). The van der Waals surface area contributed by atoms with Crippen molar-refractivity contribution in [2.75, 3.05) is 14.2 Å². The Labute approximate surface area is 692 Å². The molecule has 0 saturated heterocycles. The van der Waals surface area contributed by atoms with Crippen molar-refractivity contribution < 1.29 is 56.7 Å². The largest absolute Gasteiger partial charge is 0.489 e. The van der Waals surface area contributed by atoms with Gasteiger partial charge in [-0.05, 0) is 166 Å². The van der Waals surface area contributed by atoms with Crippen LogP contribution in [0.15, 0.2) is 200 Å². The number of carboxylic acids is 1. The zero-order chi connectivity index (χ0) is 78.4. The van der Waals surface area contributed by atoms with Gasteiger partial charge in [-0.25, -0.2) is 14.4 Å². The quantitative estimate of drug-likeness (QED) is 0.0629. The highest BCUT2D eigenvalue weighted by atomic mass is 79.9. The smallest absolute Gasteiger partial charge is 0.337 e. The molecule has 9 aromatic carbocycles. The van der Waals surface area contributed by atoms with E-state index in [1.807, 2.05) is 12.1 Å². The second-order valence-electron chi connectivity index (χ2n) is 25.1. The molecule has 12 aromatic rings. The van der Waals surface area contributed by atoms with Gasteiger partial charge in [0, 0.05) is 84.9 Å². The van der Waals surface area contributed by atoms with Crippen molar-refractivity contribution in [3.8, 4) is 87.0 Å². The maximum absolute atomic E-state index is 11.7. The Hall–Kier alpha value is -9.81. The number of ether oxygens (including phenoxy) is 5. The molecule has 25 heteroatoms. The Morgan fingerprint density at radius 2 is 0.730 bits per heavy atom. The molecule has 0 aliphatic heterocycles. The monoisotopic (exact) mass is 1720 g/mol. The van der Waals surface area contributed by atoms with E-state index in [9.17, 15) is 14.4 Å². The highest BCUT2D eigenvalue weighted by Crippen LogP contribution is 2.50. The van der Waals surface area contributed by atoms with E-state index in [2.05, 4.69) is 65.7 Å². The fraction of sp³-hybridized carbons (Fsp3) is 0.163. The molecule has 3 fully saturated rings. The number of aromatic nitrogens is 3. The zero-order valence-electron chi connectivity index (χ0n) is 58.6. The average Bonchev–Trinajstić information content (AvgIpc) is 1.64. The molecule has 3 aliphatic rings. The average molecular weight is 1730 g/mol. The minimum atomic E-state index is -1.00. The van der Waals surface area contributed by atoms with E-state index in [0.717, 1.165) is 77.0 Å². The maximum atomic E-state index is 11.7. The standard InChI is InChI=1S/C29H20Cl3NO4.C28H18Cl3NO4.C21H14Cl3NO2.C8H7BrO2/c1-35-29(34)20-5-2-4-17(14-20)8-9-18-12-13-21(15-25(18)32)36-16-22-27(33-37-28(22)19-10-11-19)26-23(30)6-3-7-24(26)31;29-22-5-2-6-23(30)25(22)26-21(27(36-32-26)18-9-10-18)15-35-20-12-11-17(24(31)14-20)8-7-16-3-1-4-19(13-16)28(33)34;1-2-12-8-9-14(10-18(12)24)26-11-15-20(25-27-21(15)13-6-7-13)19-16(22)4-3-5-17(19)23;1-11-8(10)6-3-2-4-7(9)5-6/h2-7,12-15,19H,10-11,16H2,1H3;1-6,11-14,18H,9-10,15H2,(H,33,34);1,3-5,8-10,13H,6-7,11H2;2-5H,1H3. The molecule has 1 N–H and O–H groups in total. The fourth-order valence-corrected chi connectivity index (χ4v) is 14.1. The number of methoxy groups -OCH3 is 2. The minimum Gasteiger partial charge on any atom is -0.489 e. The van der Waals surface area contributed by atoms with E-state index in [-0.39, 0.29) is 31.4 Å². The van der Waals surface area contributed by atoms with Crippen LogP contribution in [0.3, 0.4) is 0 Å². The Morgan fingerprint density at radius 3 is 1.05 bits per heavy atom. The third-order valence-corrected chi connectivity index (χ3v) is 20.7. The van der Waals surface area contributed by atoms with Gasteiger partial charge in [0.15, 0.2) is 0 Å². The summed E-state index contributed by atoms with van der Waals surface area (Å²) in [5.74, 6) is 17.9. The third-order valence-electron chi connectivity index (χ3n) is 17.3. The molecular formula is C86H59BrCl9N3O12. The summed E-state index contributed by atoms with van der Waals surface area (Å²) >= 11 is 60.8. The number of carbonyl (C=O) groups excluding carboxylic acids is 2. The van der Waals surface area contributed by atoms with Gasteiger partial charge in [0.1, 0.15) is 71.4 Å². The lowest BCUT2D eigenvalue weighted by atomic mass is 10.0. The molecule has 560 valence electrons. The highest BCUT2D eigenvalue weighted by Gasteiger charge is 2.37. The number of aromatic carboxylic acids is 1. The van der Waals surface area contributed by atoms with Gasteiger partial charge in [0.05, 0.1) is 92.8 Å². The molecule has 0 atom stereocenters. The van der Waals surface area contributed by atoms with Gasteiger partial charge in [-0.15, -0.1) is 6.42 Å². The molecule has 0 amide bonds. The Kier molecular flexibility index (Phi) is 27.2. The van der Waals surface area contributed by atoms with Crippen molar-refractivity contribution in [2.45, 2.75) is 76.1 Å². The van der Waals surface area contributed by atoms with Crippen molar-refractivity contribution in [1.82, 2.24) is 15.5 Å². The molecule has 3 saturated carbocycles. The number of rotatable bonds is 18. The molecule has 15 nitrogen and oxygen atoms in total.